The van der Waals surface area contributed by atoms with Crippen molar-refractivity contribution in [2.24, 2.45) is 0 Å². The summed E-state index contributed by atoms with van der Waals surface area (Å²) >= 11 is 0. The summed E-state index contributed by atoms with van der Waals surface area (Å²) in [6, 6.07) is 7.54. The molecule has 2 aliphatic heterocycles. The molecule has 0 aliphatic carbocycles. The van der Waals surface area contributed by atoms with Gasteiger partial charge in [0.1, 0.15) is 5.82 Å². The van der Waals surface area contributed by atoms with Crippen LogP contribution in [0.5, 0.6) is 0 Å². The van der Waals surface area contributed by atoms with E-state index in [1.807, 2.05) is 24.3 Å². The molecule has 8 nitrogen and oxygen atoms in total. The molecule has 140 valence electrons. The average Bonchev–Trinajstić information content (AvgIpc) is 3.05. The van der Waals surface area contributed by atoms with Gasteiger partial charge in [-0.2, -0.15) is 0 Å². The predicted octanol–water partition coefficient (Wildman–Crippen LogP) is 2.41. The fourth-order valence-electron chi connectivity index (χ4n) is 3.17. The molecular formula is C19H20N4O4. The van der Waals surface area contributed by atoms with E-state index in [9.17, 15) is 9.59 Å². The lowest BCUT2D eigenvalue weighted by atomic mass is 10.1. The fourth-order valence-corrected chi connectivity index (χ4v) is 3.17. The number of rotatable bonds is 3. The molecule has 27 heavy (non-hydrogen) atoms. The van der Waals surface area contributed by atoms with Gasteiger partial charge < -0.3 is 19.4 Å². The monoisotopic (exact) mass is 368 g/mol. The van der Waals surface area contributed by atoms with E-state index in [1.54, 1.807) is 0 Å². The molecule has 0 amide bonds. The summed E-state index contributed by atoms with van der Waals surface area (Å²) in [6.45, 7) is 3.95. The Morgan fingerprint density at radius 1 is 1.07 bits per heavy atom. The van der Waals surface area contributed by atoms with Crippen molar-refractivity contribution in [2.45, 2.75) is 45.4 Å². The van der Waals surface area contributed by atoms with Crippen molar-refractivity contribution in [2.75, 3.05) is 5.32 Å². The molecule has 0 unspecified atom stereocenters. The molecule has 0 atom stereocenters. The molecule has 1 saturated heterocycles. The summed E-state index contributed by atoms with van der Waals surface area (Å²) in [4.78, 5) is 23.9. The van der Waals surface area contributed by atoms with Gasteiger partial charge in [-0.05, 0) is 37.1 Å². The lowest BCUT2D eigenvalue weighted by Gasteiger charge is -2.29. The molecule has 1 fully saturated rings. The van der Waals surface area contributed by atoms with Gasteiger partial charge in [-0.15, -0.1) is 10.2 Å². The standard InChI is InChI=1S/C19H20N4O4/c1-19(2)26-17(24)14(18(25)27-19)11-20-13-8-6-12(7-9-13)16-22-21-15-5-3-4-10-23(15)16/h6-9,11,20H,3-5,10H2,1-2H3. The van der Waals surface area contributed by atoms with E-state index in [0.29, 0.717) is 0 Å². The van der Waals surface area contributed by atoms with Crippen molar-refractivity contribution in [3.05, 3.63) is 41.9 Å². The van der Waals surface area contributed by atoms with Gasteiger partial charge in [-0.1, -0.05) is 0 Å². The molecule has 0 saturated carbocycles. The average molecular weight is 368 g/mol. The van der Waals surface area contributed by atoms with Crippen LogP contribution in [0, 0.1) is 0 Å². The highest BCUT2D eigenvalue weighted by Gasteiger charge is 2.38. The van der Waals surface area contributed by atoms with E-state index < -0.39 is 17.7 Å². The van der Waals surface area contributed by atoms with Gasteiger partial charge in [0.15, 0.2) is 11.4 Å². The molecular weight excluding hydrogens is 348 g/mol. The van der Waals surface area contributed by atoms with Gasteiger partial charge in [0, 0.05) is 44.3 Å². The lowest BCUT2D eigenvalue weighted by molar-refractivity contribution is -0.222. The molecule has 1 N–H and O–H groups in total. The number of fused-ring (bicyclic) bond motifs is 1. The number of nitrogens with zero attached hydrogens (tertiary/aromatic N) is 3. The number of aryl methyl sites for hydroxylation is 1. The van der Waals surface area contributed by atoms with Crippen LogP contribution < -0.4 is 5.32 Å². The summed E-state index contributed by atoms with van der Waals surface area (Å²) < 4.78 is 12.3. The summed E-state index contributed by atoms with van der Waals surface area (Å²) in [5, 5.41) is 11.5. The Hall–Kier alpha value is -3.16. The number of hydrogen-bond donors (Lipinski definition) is 1. The quantitative estimate of drug-likeness (QED) is 0.505. The van der Waals surface area contributed by atoms with E-state index in [1.165, 1.54) is 20.0 Å². The lowest BCUT2D eigenvalue weighted by Crippen LogP contribution is -2.42. The molecule has 8 heteroatoms. The van der Waals surface area contributed by atoms with E-state index in [4.69, 9.17) is 9.47 Å². The normalized spacial score (nSPS) is 18.4. The third-order valence-corrected chi connectivity index (χ3v) is 4.50. The Balaban J connectivity index is 1.50. The molecule has 4 rings (SSSR count). The number of nitrogens with one attached hydrogen (secondary N) is 1. The van der Waals surface area contributed by atoms with Crippen molar-refractivity contribution < 1.29 is 19.1 Å². The van der Waals surface area contributed by atoms with E-state index in [2.05, 4.69) is 20.1 Å². The summed E-state index contributed by atoms with van der Waals surface area (Å²) in [5.74, 6) is -0.785. The molecule has 3 heterocycles. The third-order valence-electron chi connectivity index (χ3n) is 4.50. The summed E-state index contributed by atoms with van der Waals surface area (Å²) in [5.41, 5.74) is 1.51. The second-order valence-electron chi connectivity index (χ2n) is 7.01. The number of ether oxygens (including phenoxy) is 2. The number of carbonyl (C=O) groups is 2. The molecule has 1 aromatic carbocycles. The molecule has 0 bridgehead atoms. The Labute approximate surface area is 156 Å². The highest BCUT2D eigenvalue weighted by atomic mass is 16.7. The van der Waals surface area contributed by atoms with Crippen LogP contribution in [0.15, 0.2) is 36.0 Å². The minimum Gasteiger partial charge on any atom is -0.419 e. The first-order chi connectivity index (χ1) is 12.9. The number of cyclic esters (lactones) is 2. The van der Waals surface area contributed by atoms with Crippen LogP contribution in [0.2, 0.25) is 0 Å². The van der Waals surface area contributed by atoms with Crippen LogP contribution in [0.3, 0.4) is 0 Å². The largest absolute Gasteiger partial charge is 0.419 e. The van der Waals surface area contributed by atoms with Crippen LogP contribution in [-0.4, -0.2) is 32.5 Å². The first-order valence-corrected chi connectivity index (χ1v) is 8.89. The first kappa shape index (κ1) is 17.3. The maximum absolute atomic E-state index is 11.9. The van der Waals surface area contributed by atoms with Crippen LogP contribution in [0.4, 0.5) is 5.69 Å². The third kappa shape index (κ3) is 3.42. The van der Waals surface area contributed by atoms with Gasteiger partial charge in [-0.25, -0.2) is 9.59 Å². The maximum Gasteiger partial charge on any atom is 0.350 e. The molecule has 2 aromatic rings. The second-order valence-corrected chi connectivity index (χ2v) is 7.01. The number of hydrogen-bond acceptors (Lipinski definition) is 7. The SMILES string of the molecule is CC1(C)OC(=O)C(=CNc2ccc(-c3nnc4n3CCCC4)cc2)C(=O)O1. The zero-order chi connectivity index (χ0) is 19.0. The van der Waals surface area contributed by atoms with Crippen LogP contribution in [0.25, 0.3) is 11.4 Å². The Kier molecular flexibility index (Phi) is 4.18. The van der Waals surface area contributed by atoms with Gasteiger partial charge >= 0.3 is 11.9 Å². The molecule has 2 aliphatic rings. The molecule has 0 radical (unpaired) electrons. The van der Waals surface area contributed by atoms with Crippen LogP contribution >= 0.6 is 0 Å². The van der Waals surface area contributed by atoms with E-state index in [0.717, 1.165) is 48.7 Å². The summed E-state index contributed by atoms with van der Waals surface area (Å²) in [6.07, 6.45) is 4.54. The van der Waals surface area contributed by atoms with Crippen molar-refractivity contribution in [3.63, 3.8) is 0 Å². The van der Waals surface area contributed by atoms with E-state index >= 15 is 0 Å². The smallest absolute Gasteiger partial charge is 0.350 e. The number of esters is 2. The Morgan fingerprint density at radius 2 is 1.78 bits per heavy atom. The highest BCUT2D eigenvalue weighted by Crippen LogP contribution is 2.25. The van der Waals surface area contributed by atoms with Crippen LogP contribution in [0.1, 0.15) is 32.5 Å². The number of aromatic nitrogens is 3. The van der Waals surface area contributed by atoms with Crippen molar-refractivity contribution in [3.8, 4) is 11.4 Å². The van der Waals surface area contributed by atoms with E-state index in [-0.39, 0.29) is 5.57 Å². The van der Waals surface area contributed by atoms with Gasteiger partial charge in [0.05, 0.1) is 0 Å². The predicted molar refractivity (Wildman–Crippen MR) is 96.4 cm³/mol. The Bertz CT molecular complexity index is 906. The molecule has 0 spiro atoms. The van der Waals surface area contributed by atoms with Gasteiger partial charge in [-0.3, -0.25) is 0 Å². The van der Waals surface area contributed by atoms with Crippen molar-refractivity contribution in [1.82, 2.24) is 14.8 Å². The minimum absolute atomic E-state index is 0.176. The number of carbonyl (C=O) groups excluding carboxylic acids is 2. The minimum atomic E-state index is -1.25. The maximum atomic E-state index is 11.9. The fraction of sp³-hybridized carbons (Fsp3) is 0.368. The zero-order valence-corrected chi connectivity index (χ0v) is 15.2. The second kappa shape index (κ2) is 6.53. The number of benzene rings is 1. The van der Waals surface area contributed by atoms with Crippen molar-refractivity contribution >= 4 is 17.6 Å². The first-order valence-electron chi connectivity index (χ1n) is 8.89. The summed E-state index contributed by atoms with van der Waals surface area (Å²) in [7, 11) is 0. The van der Waals surface area contributed by atoms with Gasteiger partial charge in [0.2, 0.25) is 0 Å². The number of anilines is 1. The van der Waals surface area contributed by atoms with Gasteiger partial charge in [0.25, 0.3) is 5.79 Å². The highest BCUT2D eigenvalue weighted by molar-refractivity contribution is 6.15. The van der Waals surface area contributed by atoms with Crippen molar-refractivity contribution in [1.29, 1.82) is 0 Å². The Morgan fingerprint density at radius 3 is 2.48 bits per heavy atom. The van der Waals surface area contributed by atoms with Crippen LogP contribution in [-0.2, 0) is 32.0 Å². The topological polar surface area (TPSA) is 95.3 Å². The zero-order valence-electron chi connectivity index (χ0n) is 15.2. The molecule has 1 aromatic heterocycles.